The van der Waals surface area contributed by atoms with Crippen LogP contribution in [-0.4, -0.2) is 35.2 Å². The topological polar surface area (TPSA) is 85.2 Å². The Morgan fingerprint density at radius 1 is 1.48 bits per heavy atom. The van der Waals surface area contributed by atoms with Crippen LogP contribution in [0, 0.1) is 6.92 Å². The van der Waals surface area contributed by atoms with E-state index in [9.17, 15) is 9.59 Å². The number of aryl methyl sites for hydroxylation is 2. The summed E-state index contributed by atoms with van der Waals surface area (Å²) >= 11 is 0. The fourth-order valence-corrected chi connectivity index (χ4v) is 2.97. The van der Waals surface area contributed by atoms with Crippen molar-refractivity contribution in [2.45, 2.75) is 32.2 Å². The molecule has 0 unspecified atom stereocenters. The zero-order chi connectivity index (χ0) is 17.8. The Hall–Kier alpha value is -2.83. The number of hydrogen-bond donors (Lipinski definition) is 2. The highest BCUT2D eigenvalue weighted by Gasteiger charge is 2.30. The molecule has 0 aliphatic carbocycles. The van der Waals surface area contributed by atoms with Gasteiger partial charge >= 0.3 is 0 Å². The van der Waals surface area contributed by atoms with Crippen molar-refractivity contribution in [2.75, 3.05) is 19.0 Å². The number of ether oxygens (including phenoxy) is 1. The molecule has 0 saturated carbocycles. The molecule has 0 bridgehead atoms. The molecule has 0 radical (unpaired) electrons. The standard InChI is InChI=1S/C18H22N4O3/c1-12-10-20-22(11-12)7-3-6-19-18(24)15-9-17(23)21-16-5-4-13(25-2)8-14(15)16/h4-5,8,10-11,15H,3,6-7,9H2,1-2H3,(H,19,24)(H,21,23)/t15-/m1/s1. The molecule has 2 aromatic rings. The summed E-state index contributed by atoms with van der Waals surface area (Å²) in [6.45, 7) is 3.27. The molecule has 0 fully saturated rings. The SMILES string of the molecule is COc1ccc2c(c1)[C@H](C(=O)NCCCn1cc(C)cn1)CC(=O)N2. The molecule has 0 saturated heterocycles. The Labute approximate surface area is 146 Å². The number of carbonyl (C=O) groups excluding carboxylic acids is 2. The van der Waals surface area contributed by atoms with Crippen LogP contribution in [-0.2, 0) is 16.1 Å². The number of rotatable bonds is 6. The van der Waals surface area contributed by atoms with Crippen LogP contribution >= 0.6 is 0 Å². The Morgan fingerprint density at radius 2 is 2.32 bits per heavy atom. The van der Waals surface area contributed by atoms with Crippen molar-refractivity contribution >= 4 is 17.5 Å². The molecule has 1 aliphatic heterocycles. The quantitative estimate of drug-likeness (QED) is 0.785. The van der Waals surface area contributed by atoms with E-state index >= 15 is 0 Å². The van der Waals surface area contributed by atoms with Gasteiger partial charge in [-0.25, -0.2) is 0 Å². The number of nitrogens with zero attached hydrogens (tertiary/aromatic N) is 2. The summed E-state index contributed by atoms with van der Waals surface area (Å²) in [7, 11) is 1.58. The number of nitrogens with one attached hydrogen (secondary N) is 2. The number of anilines is 1. The van der Waals surface area contributed by atoms with Crippen molar-refractivity contribution in [3.8, 4) is 5.75 Å². The summed E-state index contributed by atoms with van der Waals surface area (Å²) in [5.74, 6) is -0.113. The second-order valence-electron chi connectivity index (χ2n) is 6.18. The van der Waals surface area contributed by atoms with E-state index in [-0.39, 0.29) is 18.2 Å². The summed E-state index contributed by atoms with van der Waals surface area (Å²) in [5, 5.41) is 9.95. The van der Waals surface area contributed by atoms with Crippen molar-refractivity contribution < 1.29 is 14.3 Å². The predicted molar refractivity (Wildman–Crippen MR) is 93.6 cm³/mol. The lowest BCUT2D eigenvalue weighted by Crippen LogP contribution is -2.35. The van der Waals surface area contributed by atoms with Crippen LogP contribution in [0.4, 0.5) is 5.69 Å². The number of amides is 2. The minimum absolute atomic E-state index is 0.138. The Morgan fingerprint density at radius 3 is 3.04 bits per heavy atom. The van der Waals surface area contributed by atoms with E-state index in [2.05, 4.69) is 15.7 Å². The fraction of sp³-hybridized carbons (Fsp3) is 0.389. The first-order valence-electron chi connectivity index (χ1n) is 8.31. The van der Waals surface area contributed by atoms with Crippen LogP contribution in [0.5, 0.6) is 5.75 Å². The van der Waals surface area contributed by atoms with Crippen LogP contribution in [0.1, 0.15) is 29.9 Å². The molecule has 7 nitrogen and oxygen atoms in total. The smallest absolute Gasteiger partial charge is 0.228 e. The average molecular weight is 342 g/mol. The molecule has 1 aliphatic rings. The Kier molecular flexibility index (Phi) is 5.02. The average Bonchev–Trinajstić information content (AvgIpc) is 3.02. The van der Waals surface area contributed by atoms with Crippen LogP contribution in [0.2, 0.25) is 0 Å². The Balaban J connectivity index is 1.61. The van der Waals surface area contributed by atoms with E-state index < -0.39 is 5.92 Å². The molecule has 25 heavy (non-hydrogen) atoms. The summed E-state index contributed by atoms with van der Waals surface area (Å²) in [5.41, 5.74) is 2.58. The lowest BCUT2D eigenvalue weighted by Gasteiger charge is -2.25. The van der Waals surface area contributed by atoms with E-state index in [0.29, 0.717) is 18.0 Å². The molecular formula is C18H22N4O3. The molecule has 1 aromatic heterocycles. The molecule has 2 amide bonds. The predicted octanol–water partition coefficient (Wildman–Crippen LogP) is 1.83. The molecule has 1 aromatic carbocycles. The lowest BCUT2D eigenvalue weighted by molar-refractivity contribution is -0.126. The van der Waals surface area contributed by atoms with Gasteiger partial charge in [-0.1, -0.05) is 0 Å². The summed E-state index contributed by atoms with van der Waals surface area (Å²) in [6, 6.07) is 5.35. The molecule has 7 heteroatoms. The van der Waals surface area contributed by atoms with Crippen molar-refractivity contribution in [3.05, 3.63) is 41.7 Å². The maximum absolute atomic E-state index is 12.6. The minimum atomic E-state index is -0.495. The maximum atomic E-state index is 12.6. The van der Waals surface area contributed by atoms with Crippen LogP contribution in [0.3, 0.4) is 0 Å². The molecule has 132 valence electrons. The van der Waals surface area contributed by atoms with E-state index in [1.807, 2.05) is 30.1 Å². The Bertz CT molecular complexity index is 784. The number of carbonyl (C=O) groups is 2. The highest BCUT2D eigenvalue weighted by atomic mass is 16.5. The van der Waals surface area contributed by atoms with E-state index in [4.69, 9.17) is 4.74 Å². The zero-order valence-corrected chi connectivity index (χ0v) is 14.4. The van der Waals surface area contributed by atoms with Gasteiger partial charge in [0, 0.05) is 31.4 Å². The minimum Gasteiger partial charge on any atom is -0.497 e. The van der Waals surface area contributed by atoms with E-state index in [1.165, 1.54) is 0 Å². The third-order valence-electron chi connectivity index (χ3n) is 4.24. The number of hydrogen-bond acceptors (Lipinski definition) is 4. The molecule has 0 spiro atoms. The first-order chi connectivity index (χ1) is 12.1. The highest BCUT2D eigenvalue weighted by Crippen LogP contribution is 2.34. The van der Waals surface area contributed by atoms with Crippen molar-refractivity contribution in [3.63, 3.8) is 0 Å². The number of aromatic nitrogens is 2. The monoisotopic (exact) mass is 342 g/mol. The molecule has 3 rings (SSSR count). The molecule has 2 heterocycles. The number of fused-ring (bicyclic) bond motifs is 1. The number of methoxy groups -OCH3 is 1. The summed E-state index contributed by atoms with van der Waals surface area (Å²) < 4.78 is 7.09. The summed E-state index contributed by atoms with van der Waals surface area (Å²) in [4.78, 5) is 24.4. The number of benzene rings is 1. The van der Waals surface area contributed by atoms with Gasteiger partial charge in [-0.2, -0.15) is 5.10 Å². The van der Waals surface area contributed by atoms with Gasteiger partial charge in [0.05, 0.1) is 19.2 Å². The third-order valence-corrected chi connectivity index (χ3v) is 4.24. The van der Waals surface area contributed by atoms with Crippen LogP contribution in [0.15, 0.2) is 30.6 Å². The first-order valence-corrected chi connectivity index (χ1v) is 8.31. The normalized spacial score (nSPS) is 16.1. The van der Waals surface area contributed by atoms with E-state index in [0.717, 1.165) is 24.1 Å². The van der Waals surface area contributed by atoms with Crippen LogP contribution < -0.4 is 15.4 Å². The van der Waals surface area contributed by atoms with Gasteiger partial charge in [-0.3, -0.25) is 14.3 Å². The van der Waals surface area contributed by atoms with Gasteiger partial charge in [0.15, 0.2) is 0 Å². The summed E-state index contributed by atoms with van der Waals surface area (Å²) in [6.07, 6.45) is 4.69. The third kappa shape index (κ3) is 3.99. The first kappa shape index (κ1) is 17.0. The highest BCUT2D eigenvalue weighted by molar-refractivity contribution is 6.01. The van der Waals surface area contributed by atoms with Gasteiger partial charge in [-0.15, -0.1) is 0 Å². The molecular weight excluding hydrogens is 320 g/mol. The van der Waals surface area contributed by atoms with Gasteiger partial charge < -0.3 is 15.4 Å². The molecule has 1 atom stereocenters. The van der Waals surface area contributed by atoms with E-state index in [1.54, 1.807) is 19.2 Å². The van der Waals surface area contributed by atoms with Crippen molar-refractivity contribution in [1.82, 2.24) is 15.1 Å². The maximum Gasteiger partial charge on any atom is 0.228 e. The fourth-order valence-electron chi connectivity index (χ4n) is 2.97. The van der Waals surface area contributed by atoms with Gasteiger partial charge in [0.2, 0.25) is 11.8 Å². The largest absolute Gasteiger partial charge is 0.497 e. The van der Waals surface area contributed by atoms with Crippen molar-refractivity contribution in [2.24, 2.45) is 0 Å². The second-order valence-corrected chi connectivity index (χ2v) is 6.18. The second kappa shape index (κ2) is 7.38. The van der Waals surface area contributed by atoms with Gasteiger partial charge in [0.1, 0.15) is 5.75 Å². The van der Waals surface area contributed by atoms with Gasteiger partial charge in [0.25, 0.3) is 0 Å². The van der Waals surface area contributed by atoms with Crippen LogP contribution in [0.25, 0.3) is 0 Å². The van der Waals surface area contributed by atoms with Crippen molar-refractivity contribution in [1.29, 1.82) is 0 Å². The van der Waals surface area contributed by atoms with Gasteiger partial charge in [-0.05, 0) is 42.7 Å². The lowest BCUT2D eigenvalue weighted by atomic mass is 9.89. The molecule has 2 N–H and O–H groups in total. The zero-order valence-electron chi connectivity index (χ0n) is 14.4.